The molecule has 3 nitrogen and oxygen atoms in total. The average molecular weight is 341 g/mol. The molecule has 19 heavy (non-hydrogen) atoms. The highest BCUT2D eigenvalue weighted by Gasteiger charge is 2.20. The van der Waals surface area contributed by atoms with Gasteiger partial charge < -0.3 is 10.6 Å². The lowest BCUT2D eigenvalue weighted by Crippen LogP contribution is -2.30. The number of carbonyl (C=O) groups is 1. The lowest BCUT2D eigenvalue weighted by Gasteiger charge is -2.18. The van der Waals surface area contributed by atoms with Crippen molar-refractivity contribution in [3.63, 3.8) is 0 Å². The first-order valence-electron chi connectivity index (χ1n) is 6.13. The van der Waals surface area contributed by atoms with Crippen molar-refractivity contribution in [2.45, 2.75) is 13.8 Å². The summed E-state index contributed by atoms with van der Waals surface area (Å²) >= 11 is 4.89. The van der Waals surface area contributed by atoms with E-state index in [4.69, 9.17) is 5.73 Å². The number of anilines is 1. The Balaban J connectivity index is 2.40. The van der Waals surface area contributed by atoms with Crippen LogP contribution >= 0.6 is 27.3 Å². The summed E-state index contributed by atoms with van der Waals surface area (Å²) in [5.74, 6) is 0.446. The van der Waals surface area contributed by atoms with E-state index < -0.39 is 0 Å². The van der Waals surface area contributed by atoms with E-state index >= 15 is 0 Å². The molecule has 2 rings (SSSR count). The zero-order valence-corrected chi connectivity index (χ0v) is 13.6. The van der Waals surface area contributed by atoms with Gasteiger partial charge in [0.25, 0.3) is 5.91 Å². The standard InChI is InChI=1S/C14H17BrN2OS/c1-8(2)7-17(3)14(18)13-12(16)10-6-9(15)4-5-11(10)19-13/h4-6,8H,7,16H2,1-3H3. The maximum Gasteiger partial charge on any atom is 0.265 e. The highest BCUT2D eigenvalue weighted by molar-refractivity contribution is 9.10. The fourth-order valence-corrected chi connectivity index (χ4v) is 3.51. The fraction of sp³-hybridized carbons (Fsp3) is 0.357. The van der Waals surface area contributed by atoms with Crippen molar-refractivity contribution in [1.82, 2.24) is 4.90 Å². The number of nitrogens with two attached hydrogens (primary N) is 1. The van der Waals surface area contributed by atoms with Crippen LogP contribution in [-0.2, 0) is 0 Å². The van der Waals surface area contributed by atoms with Crippen molar-refractivity contribution in [2.24, 2.45) is 5.92 Å². The monoisotopic (exact) mass is 340 g/mol. The molecule has 0 unspecified atom stereocenters. The van der Waals surface area contributed by atoms with Gasteiger partial charge in [0.15, 0.2) is 0 Å². The van der Waals surface area contributed by atoms with Crippen LogP contribution in [0, 0.1) is 5.92 Å². The van der Waals surface area contributed by atoms with Gasteiger partial charge in [-0.1, -0.05) is 29.8 Å². The average Bonchev–Trinajstić information content (AvgIpc) is 2.65. The van der Waals surface area contributed by atoms with Crippen molar-refractivity contribution in [1.29, 1.82) is 0 Å². The molecule has 5 heteroatoms. The molecular formula is C14H17BrN2OS. The van der Waals surface area contributed by atoms with Crippen LogP contribution in [-0.4, -0.2) is 24.4 Å². The molecule has 0 fully saturated rings. The van der Waals surface area contributed by atoms with Crippen LogP contribution < -0.4 is 5.73 Å². The van der Waals surface area contributed by atoms with Crippen molar-refractivity contribution in [3.8, 4) is 0 Å². The molecule has 0 bridgehead atoms. The third kappa shape index (κ3) is 2.92. The quantitative estimate of drug-likeness (QED) is 0.918. The molecule has 2 aromatic rings. The van der Waals surface area contributed by atoms with E-state index in [1.165, 1.54) is 11.3 Å². The molecule has 1 aromatic heterocycles. The number of fused-ring (bicyclic) bond motifs is 1. The van der Waals surface area contributed by atoms with E-state index in [0.717, 1.165) is 21.1 Å². The number of amides is 1. The number of nitrogens with zero attached hydrogens (tertiary/aromatic N) is 1. The Labute approximate surface area is 125 Å². The molecule has 1 aromatic carbocycles. The Bertz CT molecular complexity index is 621. The molecule has 0 aliphatic rings. The molecule has 102 valence electrons. The van der Waals surface area contributed by atoms with Crippen molar-refractivity contribution >= 4 is 48.9 Å². The second kappa shape index (κ2) is 5.51. The van der Waals surface area contributed by atoms with Gasteiger partial charge in [0, 0.05) is 28.2 Å². The third-order valence-electron chi connectivity index (χ3n) is 2.87. The Morgan fingerprint density at radius 3 is 2.79 bits per heavy atom. The second-order valence-electron chi connectivity index (χ2n) is 5.06. The molecule has 0 aliphatic heterocycles. The first-order chi connectivity index (χ1) is 8.90. The highest BCUT2D eigenvalue weighted by atomic mass is 79.9. The lowest BCUT2D eigenvalue weighted by atomic mass is 10.2. The SMILES string of the molecule is CC(C)CN(C)C(=O)c1sc2ccc(Br)cc2c1N. The van der Waals surface area contributed by atoms with Gasteiger partial charge in [-0.05, 0) is 24.1 Å². The Morgan fingerprint density at radius 1 is 1.47 bits per heavy atom. The van der Waals surface area contributed by atoms with Crippen LogP contribution in [0.15, 0.2) is 22.7 Å². The van der Waals surface area contributed by atoms with Crippen LogP contribution in [0.25, 0.3) is 10.1 Å². The summed E-state index contributed by atoms with van der Waals surface area (Å²) in [6, 6.07) is 5.91. The zero-order valence-electron chi connectivity index (χ0n) is 11.2. The smallest absolute Gasteiger partial charge is 0.265 e. The number of rotatable bonds is 3. The van der Waals surface area contributed by atoms with Gasteiger partial charge >= 0.3 is 0 Å². The number of benzene rings is 1. The van der Waals surface area contributed by atoms with Gasteiger partial charge in [-0.3, -0.25) is 4.79 Å². The van der Waals surface area contributed by atoms with Gasteiger partial charge in [0.05, 0.1) is 5.69 Å². The maximum atomic E-state index is 12.4. The van der Waals surface area contributed by atoms with Gasteiger partial charge in [-0.15, -0.1) is 11.3 Å². The summed E-state index contributed by atoms with van der Waals surface area (Å²) < 4.78 is 2.01. The van der Waals surface area contributed by atoms with Gasteiger partial charge in [-0.2, -0.15) is 0 Å². The molecule has 0 saturated heterocycles. The number of halogens is 1. The Hall–Kier alpha value is -1.07. The minimum absolute atomic E-state index is 0.00326. The van der Waals surface area contributed by atoms with E-state index in [-0.39, 0.29) is 5.91 Å². The number of carbonyl (C=O) groups excluding carboxylic acids is 1. The predicted molar refractivity (Wildman–Crippen MR) is 85.7 cm³/mol. The lowest BCUT2D eigenvalue weighted by molar-refractivity contribution is 0.0785. The van der Waals surface area contributed by atoms with Crippen molar-refractivity contribution in [3.05, 3.63) is 27.5 Å². The van der Waals surface area contributed by atoms with Crippen LogP contribution in [0.5, 0.6) is 0 Å². The number of hydrogen-bond acceptors (Lipinski definition) is 3. The summed E-state index contributed by atoms with van der Waals surface area (Å²) in [4.78, 5) is 14.8. The number of nitrogen functional groups attached to an aromatic ring is 1. The zero-order chi connectivity index (χ0) is 14.2. The van der Waals surface area contributed by atoms with Crippen molar-refractivity contribution in [2.75, 3.05) is 19.3 Å². The Kier molecular flexibility index (Phi) is 4.16. The summed E-state index contributed by atoms with van der Waals surface area (Å²) in [5.41, 5.74) is 6.70. The van der Waals surface area contributed by atoms with Gasteiger partial charge in [-0.25, -0.2) is 0 Å². The fourth-order valence-electron chi connectivity index (χ4n) is 2.05. The van der Waals surface area contributed by atoms with Gasteiger partial charge in [0.1, 0.15) is 4.88 Å². The van der Waals surface area contributed by atoms with E-state index in [2.05, 4.69) is 29.8 Å². The molecule has 1 heterocycles. The topological polar surface area (TPSA) is 46.3 Å². The molecule has 0 saturated carbocycles. The maximum absolute atomic E-state index is 12.4. The van der Waals surface area contributed by atoms with E-state index in [1.54, 1.807) is 4.90 Å². The van der Waals surface area contributed by atoms with E-state index in [1.807, 2.05) is 25.2 Å². The third-order valence-corrected chi connectivity index (χ3v) is 4.54. The van der Waals surface area contributed by atoms with Crippen LogP contribution in [0.3, 0.4) is 0 Å². The second-order valence-corrected chi connectivity index (χ2v) is 7.03. The first-order valence-corrected chi connectivity index (χ1v) is 7.74. The first kappa shape index (κ1) is 14.3. The van der Waals surface area contributed by atoms with Crippen LogP contribution in [0.4, 0.5) is 5.69 Å². The minimum atomic E-state index is 0.00326. The van der Waals surface area contributed by atoms with Gasteiger partial charge in [0.2, 0.25) is 0 Å². The molecule has 0 atom stereocenters. The molecule has 1 amide bonds. The van der Waals surface area contributed by atoms with E-state index in [9.17, 15) is 4.79 Å². The summed E-state index contributed by atoms with van der Waals surface area (Å²) in [7, 11) is 1.82. The number of hydrogen-bond donors (Lipinski definition) is 1. The summed E-state index contributed by atoms with van der Waals surface area (Å²) in [6.45, 7) is 4.92. The molecule has 2 N–H and O–H groups in total. The normalized spacial score (nSPS) is 11.2. The molecule has 0 aliphatic carbocycles. The summed E-state index contributed by atoms with van der Waals surface area (Å²) in [5, 5.41) is 0.945. The van der Waals surface area contributed by atoms with E-state index in [0.29, 0.717) is 16.5 Å². The minimum Gasteiger partial charge on any atom is -0.397 e. The molecule has 0 radical (unpaired) electrons. The summed E-state index contributed by atoms with van der Waals surface area (Å²) in [6.07, 6.45) is 0. The molecule has 0 spiro atoms. The van der Waals surface area contributed by atoms with Crippen LogP contribution in [0.2, 0.25) is 0 Å². The predicted octanol–water partition coefficient (Wildman–Crippen LogP) is 3.97. The number of thiophene rings is 1. The molecular weight excluding hydrogens is 324 g/mol. The largest absolute Gasteiger partial charge is 0.397 e. The Morgan fingerprint density at radius 2 is 2.16 bits per heavy atom. The van der Waals surface area contributed by atoms with Crippen LogP contribution in [0.1, 0.15) is 23.5 Å². The highest BCUT2D eigenvalue weighted by Crippen LogP contribution is 2.35. The van der Waals surface area contributed by atoms with Crippen molar-refractivity contribution < 1.29 is 4.79 Å².